The van der Waals surface area contributed by atoms with Gasteiger partial charge in [0.05, 0.1) is 25.4 Å². The predicted octanol–water partition coefficient (Wildman–Crippen LogP) is -4.29. The predicted molar refractivity (Wildman–Crippen MR) is 220 cm³/mol. The van der Waals surface area contributed by atoms with Crippen LogP contribution < -0.4 is 27.8 Å². The van der Waals surface area contributed by atoms with Crippen LogP contribution in [0.15, 0.2) is 35.5 Å². The minimum absolute atomic E-state index is 0.0266. The second-order valence-electron chi connectivity index (χ2n) is 13.8. The molecule has 0 fully saturated rings. The summed E-state index contributed by atoms with van der Waals surface area (Å²) >= 11 is 7.25. The standard InChI is InChI=1S/C36H55ClN10O12S/c37-31-33(39)45-32(38)26(44-31)34(59)46-36(40)42-10-2-1-3-18-4-6-19(7-5-18)35-43-13-20(60-35)8-9-25(54)41-11-12-47(14-21(50)27(55)29(57)23(52)16-48)15-22(51)28(56)30(58)24(53)17-49/h4-7,13,21-24,27-30,48-53,55-58H,1-3,8-12,14-17H2,(H,41,54)(H4,38,39,45)(H3,40,42,46,59). The number of carbonyl (C=O) groups is 2. The van der Waals surface area contributed by atoms with Crippen LogP contribution >= 0.6 is 22.9 Å². The fraction of sp³-hybridized carbons (Fsp3) is 0.556. The lowest BCUT2D eigenvalue weighted by Gasteiger charge is -2.33. The number of aliphatic imine (C=N–C) groups is 1. The van der Waals surface area contributed by atoms with E-state index in [1.807, 2.05) is 24.3 Å². The van der Waals surface area contributed by atoms with E-state index in [4.69, 9.17) is 39.0 Å². The van der Waals surface area contributed by atoms with Crippen molar-refractivity contribution < 1.29 is 60.7 Å². The molecule has 8 atom stereocenters. The molecular formula is C36H55ClN10O12S. The van der Waals surface area contributed by atoms with E-state index in [0.29, 0.717) is 19.4 Å². The number of unbranched alkanes of at least 4 members (excludes halogenated alkanes) is 1. The highest BCUT2D eigenvalue weighted by Gasteiger charge is 2.34. The van der Waals surface area contributed by atoms with Gasteiger partial charge in [0, 0.05) is 55.8 Å². The third-order valence-electron chi connectivity index (χ3n) is 9.16. The number of amides is 2. The van der Waals surface area contributed by atoms with Crippen molar-refractivity contribution in [3.8, 4) is 10.6 Å². The van der Waals surface area contributed by atoms with Crippen LogP contribution in [0.1, 0.15) is 40.2 Å². The van der Waals surface area contributed by atoms with E-state index >= 15 is 0 Å². The highest BCUT2D eigenvalue weighted by molar-refractivity contribution is 7.15. The van der Waals surface area contributed by atoms with Crippen molar-refractivity contribution in [2.75, 3.05) is 57.4 Å². The molecule has 3 rings (SSSR count). The smallest absolute Gasteiger partial charge is 0.280 e. The molecule has 60 heavy (non-hydrogen) atoms. The van der Waals surface area contributed by atoms with E-state index in [0.717, 1.165) is 33.9 Å². The lowest BCUT2D eigenvalue weighted by atomic mass is 10.0. The van der Waals surface area contributed by atoms with Gasteiger partial charge in [-0.3, -0.25) is 24.8 Å². The SMILES string of the molecule is NC(=NCCCCc1ccc(-c2ncc(CCC(=O)NCCN(CC(O)C(O)C(O)C(O)CO)CC(O)C(O)C(O)C(O)CO)s2)cc1)NC(=O)c1nc(Cl)c(N)nc1N. The molecule has 2 aromatic heterocycles. The monoisotopic (exact) mass is 886 g/mol. The Balaban J connectivity index is 1.44. The number of nitrogens with zero attached hydrogens (tertiary/aromatic N) is 5. The van der Waals surface area contributed by atoms with Gasteiger partial charge in [0.2, 0.25) is 5.91 Å². The molecule has 0 saturated heterocycles. The van der Waals surface area contributed by atoms with Gasteiger partial charge in [-0.15, -0.1) is 11.3 Å². The van der Waals surface area contributed by atoms with Crippen molar-refractivity contribution in [3.63, 3.8) is 0 Å². The molecule has 2 amide bonds. The summed E-state index contributed by atoms with van der Waals surface area (Å²) in [4.78, 5) is 43.5. The Bertz CT molecular complexity index is 1800. The average molecular weight is 887 g/mol. The molecule has 0 bridgehead atoms. The molecule has 8 unspecified atom stereocenters. The number of nitrogens with one attached hydrogen (secondary N) is 2. The van der Waals surface area contributed by atoms with Gasteiger partial charge < -0.3 is 73.6 Å². The zero-order chi connectivity index (χ0) is 44.5. The lowest BCUT2D eigenvalue weighted by Crippen LogP contribution is -2.54. The maximum Gasteiger partial charge on any atom is 0.280 e. The first-order valence-electron chi connectivity index (χ1n) is 18.8. The number of aryl methyl sites for hydroxylation is 2. The first-order chi connectivity index (χ1) is 28.4. The van der Waals surface area contributed by atoms with Gasteiger partial charge in [-0.1, -0.05) is 35.9 Å². The molecule has 0 saturated carbocycles. The molecule has 334 valence electrons. The number of carbonyl (C=O) groups excluding carboxylic acids is 2. The van der Waals surface area contributed by atoms with Crippen LogP contribution in [0.2, 0.25) is 5.15 Å². The zero-order valence-electron chi connectivity index (χ0n) is 32.5. The normalized spacial score (nSPS) is 16.1. The Hall–Kier alpha value is -4.21. The Morgan fingerprint density at radius 1 is 0.817 bits per heavy atom. The minimum Gasteiger partial charge on any atom is -0.394 e. The van der Waals surface area contributed by atoms with Crippen LogP contribution in [0.3, 0.4) is 0 Å². The zero-order valence-corrected chi connectivity index (χ0v) is 34.1. The molecule has 18 N–H and O–H groups in total. The number of nitrogen functional groups attached to an aromatic ring is 2. The Labute approximate surface area is 354 Å². The summed E-state index contributed by atoms with van der Waals surface area (Å²) in [7, 11) is 0. The van der Waals surface area contributed by atoms with Crippen LogP contribution in [-0.2, 0) is 17.6 Å². The summed E-state index contributed by atoms with van der Waals surface area (Å²) in [6, 6.07) is 7.90. The number of rotatable bonds is 25. The second kappa shape index (κ2) is 24.9. The van der Waals surface area contributed by atoms with Gasteiger partial charge in [-0.2, -0.15) is 0 Å². The summed E-state index contributed by atoms with van der Waals surface area (Å²) in [5.74, 6) is -1.46. The third kappa shape index (κ3) is 15.7. The summed E-state index contributed by atoms with van der Waals surface area (Å²) in [5, 5.41) is 105. The van der Waals surface area contributed by atoms with E-state index in [2.05, 4.69) is 30.6 Å². The van der Waals surface area contributed by atoms with E-state index in [1.54, 1.807) is 6.20 Å². The molecule has 0 aliphatic heterocycles. The highest BCUT2D eigenvalue weighted by Crippen LogP contribution is 2.26. The number of hydrogen-bond acceptors (Lipinski definition) is 20. The quantitative estimate of drug-likeness (QED) is 0.0217. The Morgan fingerprint density at radius 3 is 1.98 bits per heavy atom. The first kappa shape index (κ1) is 50.1. The molecule has 0 aliphatic carbocycles. The molecule has 24 heteroatoms. The maximum absolute atomic E-state index is 12.7. The van der Waals surface area contributed by atoms with Gasteiger partial charge in [-0.05, 0) is 31.2 Å². The molecular weight excluding hydrogens is 832 g/mol. The van der Waals surface area contributed by atoms with Gasteiger partial charge in [0.15, 0.2) is 28.4 Å². The minimum atomic E-state index is -1.93. The van der Waals surface area contributed by atoms with E-state index in [1.165, 1.54) is 16.2 Å². The average Bonchev–Trinajstić information content (AvgIpc) is 3.71. The van der Waals surface area contributed by atoms with Gasteiger partial charge >= 0.3 is 0 Å². The summed E-state index contributed by atoms with van der Waals surface area (Å²) in [5.41, 5.74) is 18.8. The Morgan fingerprint density at radius 2 is 1.40 bits per heavy atom. The number of aromatic nitrogens is 3. The number of aliphatic hydroxyl groups is 10. The van der Waals surface area contributed by atoms with E-state index in [9.17, 15) is 50.4 Å². The Kier molecular flexibility index (Phi) is 20.8. The topological polar surface area (TPSA) is 393 Å². The second-order valence-corrected chi connectivity index (χ2v) is 15.3. The third-order valence-corrected chi connectivity index (χ3v) is 10.5. The van der Waals surface area contributed by atoms with Gasteiger partial charge in [-0.25, -0.2) is 15.0 Å². The van der Waals surface area contributed by atoms with Crippen molar-refractivity contribution in [1.82, 2.24) is 30.5 Å². The van der Waals surface area contributed by atoms with Gasteiger partial charge in [0.25, 0.3) is 5.91 Å². The van der Waals surface area contributed by atoms with Gasteiger partial charge in [0.1, 0.15) is 41.6 Å². The molecule has 0 aliphatic rings. The fourth-order valence-corrected chi connectivity index (χ4v) is 6.69. The summed E-state index contributed by atoms with van der Waals surface area (Å²) in [6.45, 7) is -2.42. The number of halogens is 1. The molecule has 2 heterocycles. The number of benzene rings is 1. The summed E-state index contributed by atoms with van der Waals surface area (Å²) < 4.78 is 0. The molecule has 0 spiro atoms. The van der Waals surface area contributed by atoms with Crippen LogP contribution in [0.25, 0.3) is 10.6 Å². The molecule has 3 aromatic rings. The maximum atomic E-state index is 12.7. The van der Waals surface area contributed by atoms with Crippen LogP contribution in [0.4, 0.5) is 11.6 Å². The number of nitrogens with two attached hydrogens (primary N) is 3. The first-order valence-corrected chi connectivity index (χ1v) is 20.0. The molecule has 22 nitrogen and oxygen atoms in total. The molecule has 0 radical (unpaired) electrons. The number of hydrogen-bond donors (Lipinski definition) is 15. The lowest BCUT2D eigenvalue weighted by molar-refractivity contribution is -0.130. The highest BCUT2D eigenvalue weighted by atomic mass is 35.5. The van der Waals surface area contributed by atoms with E-state index in [-0.39, 0.29) is 53.9 Å². The van der Waals surface area contributed by atoms with Crippen molar-refractivity contribution in [2.24, 2.45) is 10.7 Å². The number of aliphatic hydroxyl groups excluding tert-OH is 10. The number of guanidine groups is 1. The number of thiazole rings is 1. The number of anilines is 2. The largest absolute Gasteiger partial charge is 0.394 e. The van der Waals surface area contributed by atoms with Crippen molar-refractivity contribution in [2.45, 2.75) is 80.9 Å². The van der Waals surface area contributed by atoms with E-state index < -0.39 is 81.0 Å². The summed E-state index contributed by atoms with van der Waals surface area (Å²) in [6.07, 6.45) is -10.2. The van der Waals surface area contributed by atoms with Crippen molar-refractivity contribution in [3.05, 3.63) is 51.7 Å². The van der Waals surface area contributed by atoms with Crippen LogP contribution in [0, 0.1) is 0 Å². The van der Waals surface area contributed by atoms with Crippen molar-refractivity contribution >= 4 is 52.3 Å². The van der Waals surface area contributed by atoms with Crippen LogP contribution in [0.5, 0.6) is 0 Å². The fourth-order valence-electron chi connectivity index (χ4n) is 5.64. The molecule has 1 aromatic carbocycles. The van der Waals surface area contributed by atoms with Crippen molar-refractivity contribution in [1.29, 1.82) is 0 Å². The van der Waals surface area contributed by atoms with Crippen LogP contribution in [-0.4, -0.2) is 183 Å².